The summed E-state index contributed by atoms with van der Waals surface area (Å²) in [6.45, 7) is 2.65. The van der Waals surface area contributed by atoms with Crippen molar-refractivity contribution in [2.45, 2.75) is 70.8 Å². The standard InChI is InChI=1S/C16H25N3O2/c1-12-17-16(21-18-12)14-8-4-5-11-19(14)15(20)10-9-13-6-2-3-7-13/h13-14H,2-11H2,1H3. The third-order valence-corrected chi connectivity index (χ3v) is 4.89. The van der Waals surface area contributed by atoms with Gasteiger partial charge in [0.2, 0.25) is 11.8 Å². The van der Waals surface area contributed by atoms with E-state index in [1.54, 1.807) is 0 Å². The highest BCUT2D eigenvalue weighted by atomic mass is 16.5. The van der Waals surface area contributed by atoms with Gasteiger partial charge in [-0.1, -0.05) is 30.8 Å². The van der Waals surface area contributed by atoms with Crippen molar-refractivity contribution in [3.8, 4) is 0 Å². The normalized spacial score (nSPS) is 23.7. The summed E-state index contributed by atoms with van der Waals surface area (Å²) in [7, 11) is 0. The van der Waals surface area contributed by atoms with E-state index < -0.39 is 0 Å². The highest BCUT2D eigenvalue weighted by molar-refractivity contribution is 5.76. The van der Waals surface area contributed by atoms with Gasteiger partial charge in [-0.25, -0.2) is 0 Å². The molecule has 3 rings (SSSR count). The molecule has 5 nitrogen and oxygen atoms in total. The highest BCUT2D eigenvalue weighted by Gasteiger charge is 2.32. The molecule has 0 radical (unpaired) electrons. The maximum atomic E-state index is 12.6. The Bertz CT molecular complexity index is 480. The second-order valence-electron chi connectivity index (χ2n) is 6.47. The van der Waals surface area contributed by atoms with Crippen LogP contribution in [0.25, 0.3) is 0 Å². The summed E-state index contributed by atoms with van der Waals surface area (Å²) in [4.78, 5) is 18.9. The van der Waals surface area contributed by atoms with E-state index in [9.17, 15) is 4.79 Å². The molecular weight excluding hydrogens is 266 g/mol. The minimum atomic E-state index is -0.00368. The maximum Gasteiger partial charge on any atom is 0.249 e. The predicted octanol–water partition coefficient (Wildman–Crippen LogP) is 3.40. The second kappa shape index (κ2) is 6.58. The van der Waals surface area contributed by atoms with Crippen LogP contribution in [0.2, 0.25) is 0 Å². The van der Waals surface area contributed by atoms with Gasteiger partial charge in [0.25, 0.3) is 0 Å². The first-order chi connectivity index (χ1) is 10.2. The van der Waals surface area contributed by atoms with Gasteiger partial charge < -0.3 is 9.42 Å². The fraction of sp³-hybridized carbons (Fsp3) is 0.812. The van der Waals surface area contributed by atoms with Crippen LogP contribution in [0.1, 0.15) is 75.5 Å². The van der Waals surface area contributed by atoms with Crippen LogP contribution in [0.5, 0.6) is 0 Å². The molecule has 21 heavy (non-hydrogen) atoms. The van der Waals surface area contributed by atoms with Gasteiger partial charge in [0.05, 0.1) is 0 Å². The average Bonchev–Trinajstić information content (AvgIpc) is 3.16. The molecule has 1 aliphatic carbocycles. The van der Waals surface area contributed by atoms with Crippen LogP contribution < -0.4 is 0 Å². The highest BCUT2D eigenvalue weighted by Crippen LogP contribution is 2.32. The minimum absolute atomic E-state index is 0.00368. The van der Waals surface area contributed by atoms with Crippen molar-refractivity contribution in [2.75, 3.05) is 6.54 Å². The van der Waals surface area contributed by atoms with Crippen LogP contribution in [0, 0.1) is 12.8 Å². The van der Waals surface area contributed by atoms with Crippen LogP contribution in [0.15, 0.2) is 4.52 Å². The lowest BCUT2D eigenvalue weighted by atomic mass is 9.98. The zero-order chi connectivity index (χ0) is 14.7. The van der Waals surface area contributed by atoms with Crippen LogP contribution in [0.3, 0.4) is 0 Å². The van der Waals surface area contributed by atoms with Gasteiger partial charge in [-0.3, -0.25) is 4.79 Å². The Kier molecular flexibility index (Phi) is 4.56. The Morgan fingerprint density at radius 1 is 1.24 bits per heavy atom. The van der Waals surface area contributed by atoms with E-state index in [1.165, 1.54) is 25.7 Å². The smallest absolute Gasteiger partial charge is 0.249 e. The van der Waals surface area contributed by atoms with Gasteiger partial charge >= 0.3 is 0 Å². The summed E-state index contributed by atoms with van der Waals surface area (Å²) >= 11 is 0. The number of hydrogen-bond donors (Lipinski definition) is 0. The summed E-state index contributed by atoms with van der Waals surface area (Å²) in [6, 6.07) is -0.00368. The zero-order valence-corrected chi connectivity index (χ0v) is 12.9. The van der Waals surface area contributed by atoms with Crippen molar-refractivity contribution in [2.24, 2.45) is 5.92 Å². The molecule has 0 bridgehead atoms. The molecule has 2 fully saturated rings. The Morgan fingerprint density at radius 3 is 2.71 bits per heavy atom. The molecular formula is C16H25N3O2. The molecule has 1 atom stereocenters. The molecule has 2 heterocycles. The molecule has 1 saturated carbocycles. The van der Waals surface area contributed by atoms with Gasteiger partial charge in [-0.2, -0.15) is 4.98 Å². The number of rotatable bonds is 4. The number of nitrogens with zero attached hydrogens (tertiary/aromatic N) is 3. The summed E-state index contributed by atoms with van der Waals surface area (Å²) in [5, 5.41) is 3.87. The van der Waals surface area contributed by atoms with E-state index in [4.69, 9.17) is 4.52 Å². The monoisotopic (exact) mass is 291 g/mol. The molecule has 1 amide bonds. The van der Waals surface area contributed by atoms with Gasteiger partial charge in [0.1, 0.15) is 6.04 Å². The van der Waals surface area contributed by atoms with Crippen LogP contribution in [-0.4, -0.2) is 27.5 Å². The van der Waals surface area contributed by atoms with E-state index in [0.717, 1.165) is 38.1 Å². The summed E-state index contributed by atoms with van der Waals surface area (Å²) in [5.41, 5.74) is 0. The number of hydrogen-bond acceptors (Lipinski definition) is 4. The molecule has 1 aliphatic heterocycles. The molecule has 116 valence electrons. The van der Waals surface area contributed by atoms with E-state index in [1.807, 2.05) is 11.8 Å². The largest absolute Gasteiger partial charge is 0.337 e. The first-order valence-electron chi connectivity index (χ1n) is 8.33. The summed E-state index contributed by atoms with van der Waals surface area (Å²) < 4.78 is 5.31. The molecule has 2 aliphatic rings. The van der Waals surface area contributed by atoms with Crippen LogP contribution in [-0.2, 0) is 4.79 Å². The quantitative estimate of drug-likeness (QED) is 0.853. The lowest BCUT2D eigenvalue weighted by molar-refractivity contribution is -0.136. The van der Waals surface area contributed by atoms with Crippen molar-refractivity contribution in [1.29, 1.82) is 0 Å². The minimum Gasteiger partial charge on any atom is -0.337 e. The average molecular weight is 291 g/mol. The first-order valence-corrected chi connectivity index (χ1v) is 8.33. The number of piperidine rings is 1. The Morgan fingerprint density at radius 2 is 2.00 bits per heavy atom. The first kappa shape index (κ1) is 14.5. The summed E-state index contributed by atoms with van der Waals surface area (Å²) in [6.07, 6.45) is 10.2. The van der Waals surface area contributed by atoms with E-state index in [2.05, 4.69) is 10.1 Å². The Hall–Kier alpha value is -1.39. The van der Waals surface area contributed by atoms with Gasteiger partial charge in [0.15, 0.2) is 5.82 Å². The predicted molar refractivity (Wildman–Crippen MR) is 78.5 cm³/mol. The molecule has 1 aromatic rings. The molecule has 0 spiro atoms. The maximum absolute atomic E-state index is 12.6. The SMILES string of the molecule is Cc1noc(C2CCCCN2C(=O)CCC2CCCC2)n1. The van der Waals surface area contributed by atoms with Gasteiger partial charge in [-0.05, 0) is 38.5 Å². The van der Waals surface area contributed by atoms with Gasteiger partial charge in [0, 0.05) is 13.0 Å². The third-order valence-electron chi connectivity index (χ3n) is 4.89. The Labute approximate surface area is 126 Å². The Balaban J connectivity index is 1.61. The number of carbonyl (C=O) groups excluding carboxylic acids is 1. The van der Waals surface area contributed by atoms with E-state index in [0.29, 0.717) is 18.1 Å². The van der Waals surface area contributed by atoms with Crippen molar-refractivity contribution in [1.82, 2.24) is 15.0 Å². The number of likely N-dealkylation sites (tertiary alicyclic amines) is 1. The molecule has 1 saturated heterocycles. The van der Waals surface area contributed by atoms with Crippen molar-refractivity contribution in [3.05, 3.63) is 11.7 Å². The summed E-state index contributed by atoms with van der Waals surface area (Å²) in [5.74, 6) is 2.29. The van der Waals surface area contributed by atoms with E-state index in [-0.39, 0.29) is 11.9 Å². The molecule has 1 unspecified atom stereocenters. The second-order valence-corrected chi connectivity index (χ2v) is 6.47. The van der Waals surface area contributed by atoms with E-state index >= 15 is 0 Å². The molecule has 0 aromatic carbocycles. The lowest BCUT2D eigenvalue weighted by Gasteiger charge is -2.33. The third kappa shape index (κ3) is 3.44. The van der Waals surface area contributed by atoms with Crippen molar-refractivity contribution >= 4 is 5.91 Å². The van der Waals surface area contributed by atoms with Crippen molar-refractivity contribution in [3.63, 3.8) is 0 Å². The van der Waals surface area contributed by atoms with Crippen LogP contribution in [0.4, 0.5) is 0 Å². The topological polar surface area (TPSA) is 59.2 Å². The number of carbonyl (C=O) groups is 1. The molecule has 1 aromatic heterocycles. The van der Waals surface area contributed by atoms with Crippen LogP contribution >= 0.6 is 0 Å². The fourth-order valence-electron chi connectivity index (χ4n) is 3.71. The number of aromatic nitrogens is 2. The molecule has 0 N–H and O–H groups in total. The lowest BCUT2D eigenvalue weighted by Crippen LogP contribution is -2.38. The zero-order valence-electron chi connectivity index (χ0n) is 12.9. The fourth-order valence-corrected chi connectivity index (χ4v) is 3.71. The van der Waals surface area contributed by atoms with Gasteiger partial charge in [-0.15, -0.1) is 0 Å². The molecule has 5 heteroatoms. The van der Waals surface area contributed by atoms with Crippen molar-refractivity contribution < 1.29 is 9.32 Å². The number of aryl methyl sites for hydroxylation is 1. The number of amides is 1.